The number of ether oxygens (including phenoxy) is 2. The first-order valence-corrected chi connectivity index (χ1v) is 10.8. The van der Waals surface area contributed by atoms with Crippen LogP contribution < -0.4 is 4.74 Å². The van der Waals surface area contributed by atoms with E-state index < -0.39 is 0 Å². The van der Waals surface area contributed by atoms with Crippen LogP contribution in [0.2, 0.25) is 0 Å². The van der Waals surface area contributed by atoms with Gasteiger partial charge in [-0.1, -0.05) is 11.6 Å². The van der Waals surface area contributed by atoms with E-state index in [0.717, 1.165) is 29.3 Å². The minimum Gasteiger partial charge on any atom is -0.496 e. The number of hydrogen-bond acceptors (Lipinski definition) is 6. The zero-order chi connectivity index (χ0) is 20.5. The first-order valence-electron chi connectivity index (χ1n) is 9.94. The highest BCUT2D eigenvalue weighted by atomic mass is 32.1. The molecule has 29 heavy (non-hydrogen) atoms. The van der Waals surface area contributed by atoms with Crippen molar-refractivity contribution in [2.75, 3.05) is 20.3 Å². The van der Waals surface area contributed by atoms with Crippen molar-refractivity contribution in [3.8, 4) is 5.75 Å². The Labute approximate surface area is 175 Å². The van der Waals surface area contributed by atoms with Crippen LogP contribution in [-0.2, 0) is 16.0 Å². The maximum atomic E-state index is 12.7. The molecule has 152 valence electrons. The van der Waals surface area contributed by atoms with Crippen LogP contribution in [0.15, 0.2) is 41.1 Å². The third kappa shape index (κ3) is 3.57. The number of fused-ring (bicyclic) bond motifs is 3. The van der Waals surface area contributed by atoms with Gasteiger partial charge in [0.25, 0.3) is 0 Å². The van der Waals surface area contributed by atoms with Gasteiger partial charge < -0.3 is 14.4 Å². The summed E-state index contributed by atoms with van der Waals surface area (Å²) in [6.07, 6.45) is 6.87. The molecule has 6 heteroatoms. The molecule has 0 bridgehead atoms. The van der Waals surface area contributed by atoms with Crippen molar-refractivity contribution in [3.63, 3.8) is 0 Å². The molecule has 2 aliphatic rings. The number of aromatic nitrogens is 1. The van der Waals surface area contributed by atoms with E-state index in [9.17, 15) is 4.79 Å². The van der Waals surface area contributed by atoms with Crippen LogP contribution in [-0.4, -0.2) is 36.1 Å². The predicted molar refractivity (Wildman–Crippen MR) is 115 cm³/mol. The average molecular weight is 411 g/mol. The predicted octanol–water partition coefficient (Wildman–Crippen LogP) is 4.72. The van der Waals surface area contributed by atoms with Crippen molar-refractivity contribution in [2.24, 2.45) is 0 Å². The summed E-state index contributed by atoms with van der Waals surface area (Å²) in [5.74, 6) is 0.667. The molecule has 3 heterocycles. The third-order valence-electron chi connectivity index (χ3n) is 5.42. The van der Waals surface area contributed by atoms with Crippen molar-refractivity contribution in [2.45, 2.75) is 39.2 Å². The number of carbonyl (C=O) groups is 1. The topological polar surface area (TPSA) is 51.7 Å². The molecule has 0 N–H and O–H groups in total. The Balaban J connectivity index is 1.83. The number of rotatable bonds is 5. The van der Waals surface area contributed by atoms with E-state index in [2.05, 4.69) is 41.9 Å². The van der Waals surface area contributed by atoms with E-state index in [1.54, 1.807) is 18.4 Å². The second-order valence-electron chi connectivity index (χ2n) is 7.57. The zero-order valence-corrected chi connectivity index (χ0v) is 18.1. The van der Waals surface area contributed by atoms with Gasteiger partial charge in [0.15, 0.2) is 0 Å². The van der Waals surface area contributed by atoms with Gasteiger partial charge in [-0.05, 0) is 56.5 Å². The zero-order valence-electron chi connectivity index (χ0n) is 17.3. The number of thiazole rings is 1. The number of methoxy groups -OCH3 is 1. The standard InChI is InChI=1S/C23H26N2O3S/c1-5-28-23(26)19-13-18(22-24-7-9-29-22)21-17-11-16(10-14(2)3)20(27-4)12-15(17)6-8-25(19)21/h7,9-13,18,21H,5-6,8H2,1-4H3. The monoisotopic (exact) mass is 410 g/mol. The number of benzene rings is 1. The maximum Gasteiger partial charge on any atom is 0.354 e. The van der Waals surface area contributed by atoms with E-state index in [1.807, 2.05) is 24.6 Å². The Kier molecular flexibility index (Phi) is 5.46. The van der Waals surface area contributed by atoms with Gasteiger partial charge >= 0.3 is 5.97 Å². The van der Waals surface area contributed by atoms with Crippen molar-refractivity contribution in [1.29, 1.82) is 0 Å². The van der Waals surface area contributed by atoms with Gasteiger partial charge in [0, 0.05) is 23.7 Å². The van der Waals surface area contributed by atoms with E-state index in [4.69, 9.17) is 9.47 Å². The summed E-state index contributed by atoms with van der Waals surface area (Å²) in [4.78, 5) is 19.4. The van der Waals surface area contributed by atoms with Gasteiger partial charge in [-0.25, -0.2) is 9.78 Å². The van der Waals surface area contributed by atoms with Gasteiger partial charge in [-0.2, -0.15) is 0 Å². The second kappa shape index (κ2) is 8.03. The van der Waals surface area contributed by atoms with Crippen molar-refractivity contribution < 1.29 is 14.3 Å². The largest absolute Gasteiger partial charge is 0.496 e. The lowest BCUT2D eigenvalue weighted by atomic mass is 9.85. The lowest BCUT2D eigenvalue weighted by Gasteiger charge is -2.37. The van der Waals surface area contributed by atoms with Crippen molar-refractivity contribution in [1.82, 2.24) is 9.88 Å². The molecule has 1 aromatic heterocycles. The van der Waals surface area contributed by atoms with E-state index in [-0.39, 0.29) is 17.9 Å². The Bertz CT molecular complexity index is 974. The molecule has 4 rings (SSSR count). The summed E-state index contributed by atoms with van der Waals surface area (Å²) in [5.41, 5.74) is 5.44. The van der Waals surface area contributed by atoms with Crippen LogP contribution in [0.25, 0.3) is 6.08 Å². The SMILES string of the molecule is CCOC(=O)C1=CC(c2nccs2)C2c3cc(C=C(C)C)c(OC)cc3CCN12. The molecule has 0 spiro atoms. The fourth-order valence-electron chi connectivity index (χ4n) is 4.31. The first kappa shape index (κ1) is 19.7. The molecular formula is C23H26N2O3S. The minimum atomic E-state index is -0.252. The quantitative estimate of drug-likeness (QED) is 0.668. The van der Waals surface area contributed by atoms with Crippen LogP contribution in [0, 0.1) is 0 Å². The number of nitrogens with zero attached hydrogens (tertiary/aromatic N) is 2. The summed E-state index contributed by atoms with van der Waals surface area (Å²) >= 11 is 1.63. The highest BCUT2D eigenvalue weighted by Gasteiger charge is 2.43. The first-order chi connectivity index (χ1) is 14.0. The summed E-state index contributed by atoms with van der Waals surface area (Å²) in [6.45, 7) is 7.15. The third-order valence-corrected chi connectivity index (χ3v) is 6.30. The summed E-state index contributed by atoms with van der Waals surface area (Å²) in [7, 11) is 1.72. The summed E-state index contributed by atoms with van der Waals surface area (Å²) in [6, 6.07) is 4.42. The Morgan fingerprint density at radius 3 is 2.86 bits per heavy atom. The maximum absolute atomic E-state index is 12.7. The Hall–Kier alpha value is -2.60. The van der Waals surface area contributed by atoms with Crippen molar-refractivity contribution in [3.05, 3.63) is 62.8 Å². The minimum absolute atomic E-state index is 0.0291. The van der Waals surface area contributed by atoms with E-state index in [0.29, 0.717) is 12.3 Å². The molecule has 2 unspecified atom stereocenters. The fraction of sp³-hybridized carbons (Fsp3) is 0.391. The van der Waals surface area contributed by atoms with Gasteiger partial charge in [-0.3, -0.25) is 0 Å². The van der Waals surface area contributed by atoms with Crippen LogP contribution in [0.3, 0.4) is 0 Å². The van der Waals surface area contributed by atoms with Crippen LogP contribution in [0.5, 0.6) is 5.75 Å². The van der Waals surface area contributed by atoms with Crippen molar-refractivity contribution >= 4 is 23.4 Å². The molecule has 2 atom stereocenters. The lowest BCUT2D eigenvalue weighted by Crippen LogP contribution is -2.36. The normalized spacial score (nSPS) is 19.9. The molecule has 0 radical (unpaired) electrons. The van der Waals surface area contributed by atoms with Gasteiger partial charge in [-0.15, -0.1) is 11.3 Å². The van der Waals surface area contributed by atoms with Crippen LogP contribution in [0.4, 0.5) is 0 Å². The number of hydrogen-bond donors (Lipinski definition) is 0. The molecule has 0 fully saturated rings. The van der Waals surface area contributed by atoms with Gasteiger partial charge in [0.1, 0.15) is 16.5 Å². The molecular weight excluding hydrogens is 384 g/mol. The number of esters is 1. The van der Waals surface area contributed by atoms with Gasteiger partial charge in [0.05, 0.1) is 25.7 Å². The fourth-order valence-corrected chi connectivity index (χ4v) is 5.04. The molecule has 2 aliphatic heterocycles. The van der Waals surface area contributed by atoms with E-state index in [1.165, 1.54) is 16.7 Å². The highest BCUT2D eigenvalue weighted by Crippen LogP contribution is 2.49. The van der Waals surface area contributed by atoms with Crippen LogP contribution >= 0.6 is 11.3 Å². The molecule has 2 aromatic rings. The molecule has 0 saturated heterocycles. The van der Waals surface area contributed by atoms with Crippen LogP contribution in [0.1, 0.15) is 54.4 Å². The average Bonchev–Trinajstić information content (AvgIpc) is 3.35. The number of allylic oxidation sites excluding steroid dienone is 1. The van der Waals surface area contributed by atoms with E-state index >= 15 is 0 Å². The molecule has 5 nitrogen and oxygen atoms in total. The molecule has 1 aromatic carbocycles. The lowest BCUT2D eigenvalue weighted by molar-refractivity contribution is -0.140. The molecule has 0 amide bonds. The number of carbonyl (C=O) groups excluding carboxylic acids is 1. The summed E-state index contributed by atoms with van der Waals surface area (Å²) in [5, 5.41) is 3.01. The smallest absolute Gasteiger partial charge is 0.354 e. The Morgan fingerprint density at radius 1 is 1.38 bits per heavy atom. The summed E-state index contributed by atoms with van der Waals surface area (Å²) < 4.78 is 11.0. The Morgan fingerprint density at radius 2 is 2.21 bits per heavy atom. The highest BCUT2D eigenvalue weighted by molar-refractivity contribution is 7.09. The second-order valence-corrected chi connectivity index (χ2v) is 8.50. The molecule has 0 aliphatic carbocycles. The van der Waals surface area contributed by atoms with Gasteiger partial charge in [0.2, 0.25) is 0 Å². The molecule has 0 saturated carbocycles.